The summed E-state index contributed by atoms with van der Waals surface area (Å²) in [4.78, 5) is 10.6. The number of benzene rings is 2. The van der Waals surface area contributed by atoms with Gasteiger partial charge < -0.3 is 0 Å². The Labute approximate surface area is 129 Å². The zero-order valence-corrected chi connectivity index (χ0v) is 13.3. The lowest BCUT2D eigenvalue weighted by Gasteiger charge is -2.13. The Morgan fingerprint density at radius 2 is 1.77 bits per heavy atom. The first-order valence-corrected chi connectivity index (χ1v) is 8.05. The quantitative estimate of drug-likeness (QED) is 0.691. The van der Waals surface area contributed by atoms with Gasteiger partial charge in [0.15, 0.2) is 0 Å². The van der Waals surface area contributed by atoms with Crippen molar-refractivity contribution in [1.82, 2.24) is 0 Å². The van der Waals surface area contributed by atoms with Crippen LogP contribution in [0.2, 0.25) is 0 Å². The van der Waals surface area contributed by atoms with Gasteiger partial charge in [0.25, 0.3) is 15.7 Å². The predicted molar refractivity (Wildman–Crippen MR) is 84.6 cm³/mol. The van der Waals surface area contributed by atoms with Gasteiger partial charge in [-0.2, -0.15) is 0 Å². The van der Waals surface area contributed by atoms with Gasteiger partial charge in [-0.3, -0.25) is 14.8 Å². The second-order valence-corrected chi connectivity index (χ2v) is 6.73. The number of hydrogen-bond donors (Lipinski definition) is 1. The largest absolute Gasteiger partial charge is 0.279 e. The Balaban J connectivity index is 2.48. The normalized spacial score (nSPS) is 11.2. The summed E-state index contributed by atoms with van der Waals surface area (Å²) in [7, 11) is -3.80. The van der Waals surface area contributed by atoms with Crippen LogP contribution >= 0.6 is 0 Å². The third-order valence-electron chi connectivity index (χ3n) is 3.38. The number of hydrogen-bond acceptors (Lipinski definition) is 4. The number of nitrogens with zero attached hydrogens (tertiary/aromatic N) is 1. The predicted octanol–water partition coefficient (Wildman–Crippen LogP) is 3.32. The Bertz CT molecular complexity index is 845. The molecule has 22 heavy (non-hydrogen) atoms. The number of rotatable bonds is 4. The van der Waals surface area contributed by atoms with Gasteiger partial charge in [-0.05, 0) is 44.0 Å². The zero-order valence-electron chi connectivity index (χ0n) is 12.5. The standard InChI is InChI=1S/C15H16N2O4S/c1-10-7-8-11(2)15(9-10)22(20,21)16-13-5-4-6-14(12(13)3)17(18)19/h4-9,16H,1-3H3. The summed E-state index contributed by atoms with van der Waals surface area (Å²) in [6.45, 7) is 5.02. The molecule has 0 atom stereocenters. The van der Waals surface area contributed by atoms with Gasteiger partial charge in [-0.25, -0.2) is 8.42 Å². The van der Waals surface area contributed by atoms with Crippen molar-refractivity contribution < 1.29 is 13.3 Å². The molecule has 6 nitrogen and oxygen atoms in total. The third kappa shape index (κ3) is 3.09. The van der Waals surface area contributed by atoms with Gasteiger partial charge in [-0.1, -0.05) is 18.2 Å². The summed E-state index contributed by atoms with van der Waals surface area (Å²) in [5, 5.41) is 10.9. The molecule has 0 heterocycles. The molecule has 0 radical (unpaired) electrons. The van der Waals surface area contributed by atoms with Crippen LogP contribution in [0.3, 0.4) is 0 Å². The monoisotopic (exact) mass is 320 g/mol. The molecule has 116 valence electrons. The molecule has 0 fully saturated rings. The molecular formula is C15H16N2O4S. The highest BCUT2D eigenvalue weighted by molar-refractivity contribution is 7.92. The van der Waals surface area contributed by atoms with Crippen molar-refractivity contribution in [3.63, 3.8) is 0 Å². The number of nitro groups is 1. The van der Waals surface area contributed by atoms with Crippen LogP contribution in [0, 0.1) is 30.9 Å². The molecule has 1 N–H and O–H groups in total. The fraction of sp³-hybridized carbons (Fsp3) is 0.200. The highest BCUT2D eigenvalue weighted by Crippen LogP contribution is 2.28. The smallest absolute Gasteiger partial charge is 0.274 e. The SMILES string of the molecule is Cc1ccc(C)c(S(=O)(=O)Nc2cccc([N+](=O)[O-])c2C)c1. The first-order valence-electron chi connectivity index (χ1n) is 6.56. The summed E-state index contributed by atoms with van der Waals surface area (Å²) >= 11 is 0. The molecule has 0 aliphatic heterocycles. The average molecular weight is 320 g/mol. The van der Waals surface area contributed by atoms with Crippen molar-refractivity contribution in [1.29, 1.82) is 0 Å². The Morgan fingerprint density at radius 3 is 2.41 bits per heavy atom. The van der Waals surface area contributed by atoms with E-state index in [1.807, 2.05) is 6.07 Å². The van der Waals surface area contributed by atoms with Gasteiger partial charge in [0.1, 0.15) is 0 Å². The maximum Gasteiger partial charge on any atom is 0.274 e. The van der Waals surface area contributed by atoms with Crippen molar-refractivity contribution >= 4 is 21.4 Å². The highest BCUT2D eigenvalue weighted by Gasteiger charge is 2.20. The summed E-state index contributed by atoms with van der Waals surface area (Å²) in [5.74, 6) is 0. The van der Waals surface area contributed by atoms with Crippen LogP contribution in [0.25, 0.3) is 0 Å². The molecule has 7 heteroatoms. The minimum absolute atomic E-state index is 0.124. The highest BCUT2D eigenvalue weighted by atomic mass is 32.2. The van der Waals surface area contributed by atoms with Crippen LogP contribution in [0.4, 0.5) is 11.4 Å². The van der Waals surface area contributed by atoms with Gasteiger partial charge in [0.05, 0.1) is 21.1 Å². The molecule has 2 rings (SSSR count). The Morgan fingerprint density at radius 1 is 1.09 bits per heavy atom. The maximum atomic E-state index is 12.5. The topological polar surface area (TPSA) is 89.3 Å². The van der Waals surface area contributed by atoms with Crippen LogP contribution in [-0.2, 0) is 10.0 Å². The fourth-order valence-corrected chi connectivity index (χ4v) is 3.58. The fourth-order valence-electron chi connectivity index (χ4n) is 2.13. The first-order chi connectivity index (χ1) is 10.2. The number of nitrogens with one attached hydrogen (secondary N) is 1. The number of aryl methyl sites for hydroxylation is 2. The molecular weight excluding hydrogens is 304 g/mol. The van der Waals surface area contributed by atoms with E-state index in [9.17, 15) is 18.5 Å². The van der Waals surface area contributed by atoms with Crippen LogP contribution in [0.15, 0.2) is 41.3 Å². The number of nitro benzene ring substituents is 1. The van der Waals surface area contributed by atoms with Crippen molar-refractivity contribution in [3.05, 3.63) is 63.2 Å². The second kappa shape index (κ2) is 5.76. The first kappa shape index (κ1) is 16.0. The van der Waals surface area contributed by atoms with Crippen molar-refractivity contribution in [2.75, 3.05) is 4.72 Å². The van der Waals surface area contributed by atoms with Gasteiger partial charge in [-0.15, -0.1) is 0 Å². The minimum atomic E-state index is -3.80. The van der Waals surface area contributed by atoms with Crippen LogP contribution in [-0.4, -0.2) is 13.3 Å². The minimum Gasteiger partial charge on any atom is -0.279 e. The van der Waals surface area contributed by atoms with E-state index in [1.54, 1.807) is 26.0 Å². The summed E-state index contributed by atoms with van der Waals surface area (Å²) in [6.07, 6.45) is 0. The van der Waals surface area contributed by atoms with E-state index in [0.29, 0.717) is 5.56 Å². The summed E-state index contributed by atoms with van der Waals surface area (Å²) in [5.41, 5.74) is 1.79. The molecule has 0 aliphatic rings. The molecule has 0 bridgehead atoms. The molecule has 0 spiro atoms. The van der Waals surface area contributed by atoms with Crippen molar-refractivity contribution in [2.45, 2.75) is 25.7 Å². The van der Waals surface area contributed by atoms with E-state index in [2.05, 4.69) is 4.72 Å². The lowest BCUT2D eigenvalue weighted by molar-refractivity contribution is -0.385. The van der Waals surface area contributed by atoms with E-state index in [4.69, 9.17) is 0 Å². The molecule has 0 unspecified atom stereocenters. The lowest BCUT2D eigenvalue weighted by atomic mass is 10.2. The summed E-state index contributed by atoms with van der Waals surface area (Å²) < 4.78 is 27.5. The number of sulfonamides is 1. The van der Waals surface area contributed by atoms with E-state index < -0.39 is 14.9 Å². The summed E-state index contributed by atoms with van der Waals surface area (Å²) in [6, 6.07) is 9.42. The Hall–Kier alpha value is -2.41. The van der Waals surface area contributed by atoms with E-state index in [1.165, 1.54) is 25.1 Å². The van der Waals surface area contributed by atoms with E-state index in [-0.39, 0.29) is 21.8 Å². The van der Waals surface area contributed by atoms with Crippen LogP contribution < -0.4 is 4.72 Å². The van der Waals surface area contributed by atoms with E-state index in [0.717, 1.165) is 5.56 Å². The molecule has 2 aromatic carbocycles. The molecule has 0 saturated carbocycles. The van der Waals surface area contributed by atoms with Crippen LogP contribution in [0.1, 0.15) is 16.7 Å². The van der Waals surface area contributed by atoms with Gasteiger partial charge in [0, 0.05) is 6.07 Å². The maximum absolute atomic E-state index is 12.5. The molecule has 0 aliphatic carbocycles. The lowest BCUT2D eigenvalue weighted by Crippen LogP contribution is -2.15. The van der Waals surface area contributed by atoms with Gasteiger partial charge in [0.2, 0.25) is 0 Å². The van der Waals surface area contributed by atoms with Gasteiger partial charge >= 0.3 is 0 Å². The molecule has 2 aromatic rings. The van der Waals surface area contributed by atoms with Crippen molar-refractivity contribution in [3.8, 4) is 0 Å². The van der Waals surface area contributed by atoms with Crippen molar-refractivity contribution in [2.24, 2.45) is 0 Å². The molecule has 0 saturated heterocycles. The average Bonchev–Trinajstić information content (AvgIpc) is 2.43. The second-order valence-electron chi connectivity index (χ2n) is 5.08. The van der Waals surface area contributed by atoms with Crippen LogP contribution in [0.5, 0.6) is 0 Å². The molecule has 0 amide bonds. The molecule has 0 aromatic heterocycles. The van der Waals surface area contributed by atoms with E-state index >= 15 is 0 Å². The zero-order chi connectivity index (χ0) is 16.5. The third-order valence-corrected chi connectivity index (χ3v) is 4.89. The Kier molecular flexibility index (Phi) is 4.18. The number of anilines is 1.